The molecule has 0 aliphatic heterocycles. The summed E-state index contributed by atoms with van der Waals surface area (Å²) in [6, 6.07) is 7.27. The van der Waals surface area contributed by atoms with Crippen molar-refractivity contribution in [2.24, 2.45) is 0 Å². The molecule has 122 valence electrons. The maximum Gasteiger partial charge on any atom is 0.208 e. The molecule has 0 aliphatic rings. The van der Waals surface area contributed by atoms with E-state index in [0.29, 0.717) is 30.3 Å². The minimum atomic E-state index is -3.22. The van der Waals surface area contributed by atoms with Gasteiger partial charge in [0.15, 0.2) is 11.5 Å². The SMILES string of the molecule is CS(=O)(=O)NCCc1nnc2ccc(NCc3ccco3)nn12. The second-order valence-electron chi connectivity index (χ2n) is 4.95. The first kappa shape index (κ1) is 15.4. The van der Waals surface area contributed by atoms with Gasteiger partial charge in [0.2, 0.25) is 10.0 Å². The molecule has 0 unspecified atom stereocenters. The fourth-order valence-electron chi connectivity index (χ4n) is 2.02. The minimum absolute atomic E-state index is 0.241. The van der Waals surface area contributed by atoms with Crippen molar-refractivity contribution in [3.05, 3.63) is 42.1 Å². The largest absolute Gasteiger partial charge is 0.467 e. The lowest BCUT2D eigenvalue weighted by atomic mass is 10.4. The van der Waals surface area contributed by atoms with E-state index in [1.165, 1.54) is 0 Å². The molecule has 0 spiro atoms. The van der Waals surface area contributed by atoms with E-state index in [1.54, 1.807) is 22.9 Å². The van der Waals surface area contributed by atoms with Gasteiger partial charge in [-0.25, -0.2) is 13.1 Å². The van der Waals surface area contributed by atoms with Crippen molar-refractivity contribution < 1.29 is 12.8 Å². The van der Waals surface area contributed by atoms with Gasteiger partial charge in [0.05, 0.1) is 19.1 Å². The summed E-state index contributed by atoms with van der Waals surface area (Å²) >= 11 is 0. The molecule has 0 saturated heterocycles. The van der Waals surface area contributed by atoms with Crippen molar-refractivity contribution in [3.63, 3.8) is 0 Å². The Bertz CT molecular complexity index is 888. The maximum absolute atomic E-state index is 11.1. The van der Waals surface area contributed by atoms with Gasteiger partial charge in [-0.15, -0.1) is 15.3 Å². The Morgan fingerprint density at radius 2 is 2.13 bits per heavy atom. The average Bonchev–Trinajstić information content (AvgIpc) is 3.13. The van der Waals surface area contributed by atoms with Crippen molar-refractivity contribution in [2.45, 2.75) is 13.0 Å². The molecule has 3 rings (SSSR count). The molecular weight excluding hydrogens is 320 g/mol. The molecular formula is C13H16N6O3S. The molecule has 3 aromatic rings. The number of nitrogens with one attached hydrogen (secondary N) is 2. The lowest BCUT2D eigenvalue weighted by molar-refractivity contribution is 0.517. The van der Waals surface area contributed by atoms with Gasteiger partial charge in [0.25, 0.3) is 0 Å². The van der Waals surface area contributed by atoms with Crippen LogP contribution in [0.15, 0.2) is 34.9 Å². The number of aromatic nitrogens is 4. The highest BCUT2D eigenvalue weighted by Gasteiger charge is 2.09. The van der Waals surface area contributed by atoms with Gasteiger partial charge in [0.1, 0.15) is 11.6 Å². The topological polar surface area (TPSA) is 114 Å². The quantitative estimate of drug-likeness (QED) is 0.642. The molecule has 0 fully saturated rings. The highest BCUT2D eigenvalue weighted by atomic mass is 32.2. The van der Waals surface area contributed by atoms with Crippen LogP contribution in [0.2, 0.25) is 0 Å². The smallest absolute Gasteiger partial charge is 0.208 e. The number of hydrogen-bond donors (Lipinski definition) is 2. The molecule has 0 saturated carbocycles. The number of rotatable bonds is 7. The van der Waals surface area contributed by atoms with E-state index in [1.807, 2.05) is 12.1 Å². The second kappa shape index (κ2) is 6.34. The van der Waals surface area contributed by atoms with Crippen LogP contribution in [-0.4, -0.2) is 41.0 Å². The third-order valence-corrected chi connectivity index (χ3v) is 3.79. The zero-order chi connectivity index (χ0) is 16.3. The lowest BCUT2D eigenvalue weighted by Gasteiger charge is -2.05. The third-order valence-electron chi connectivity index (χ3n) is 3.06. The summed E-state index contributed by atoms with van der Waals surface area (Å²) in [7, 11) is -3.22. The lowest BCUT2D eigenvalue weighted by Crippen LogP contribution is -2.25. The first-order chi connectivity index (χ1) is 11.0. The predicted molar refractivity (Wildman–Crippen MR) is 83.4 cm³/mol. The van der Waals surface area contributed by atoms with Gasteiger partial charge in [0, 0.05) is 13.0 Å². The maximum atomic E-state index is 11.1. The summed E-state index contributed by atoms with van der Waals surface area (Å²) in [5.41, 5.74) is 0.600. The monoisotopic (exact) mass is 336 g/mol. The summed E-state index contributed by atoms with van der Waals surface area (Å²) in [4.78, 5) is 0. The summed E-state index contributed by atoms with van der Waals surface area (Å²) in [5.74, 6) is 2.03. The molecule has 3 heterocycles. The number of fused-ring (bicyclic) bond motifs is 1. The first-order valence-electron chi connectivity index (χ1n) is 6.93. The Labute approximate surface area is 132 Å². The van der Waals surface area contributed by atoms with Crippen LogP contribution in [0.1, 0.15) is 11.6 Å². The average molecular weight is 336 g/mol. The van der Waals surface area contributed by atoms with Gasteiger partial charge in [-0.1, -0.05) is 0 Å². The highest BCUT2D eigenvalue weighted by Crippen LogP contribution is 2.09. The number of hydrogen-bond acceptors (Lipinski definition) is 7. The Balaban J connectivity index is 1.71. The van der Waals surface area contributed by atoms with Crippen molar-refractivity contribution in [2.75, 3.05) is 18.1 Å². The van der Waals surface area contributed by atoms with Gasteiger partial charge < -0.3 is 9.73 Å². The standard InChI is InChI=1S/C13H16N6O3S/c1-23(20,21)15-7-6-13-17-16-12-5-4-11(18-19(12)13)14-9-10-3-2-8-22-10/h2-5,8,15H,6-7,9H2,1H3,(H,14,18). The normalized spacial score (nSPS) is 11.9. The number of furan rings is 1. The number of anilines is 1. The van der Waals surface area contributed by atoms with E-state index in [-0.39, 0.29) is 6.54 Å². The highest BCUT2D eigenvalue weighted by molar-refractivity contribution is 7.88. The number of sulfonamides is 1. The van der Waals surface area contributed by atoms with E-state index >= 15 is 0 Å². The third kappa shape index (κ3) is 4.05. The predicted octanol–water partition coefficient (Wildman–Crippen LogP) is 0.421. The molecule has 0 aromatic carbocycles. The van der Waals surface area contributed by atoms with Crippen LogP contribution in [0.4, 0.5) is 5.82 Å². The van der Waals surface area contributed by atoms with Crippen LogP contribution in [0.5, 0.6) is 0 Å². The Morgan fingerprint density at radius 3 is 2.87 bits per heavy atom. The zero-order valence-corrected chi connectivity index (χ0v) is 13.2. The van der Waals surface area contributed by atoms with Crippen molar-refractivity contribution >= 4 is 21.5 Å². The summed E-state index contributed by atoms with van der Waals surface area (Å²) < 4.78 is 31.4. The zero-order valence-electron chi connectivity index (χ0n) is 12.4. The van der Waals surface area contributed by atoms with Gasteiger partial charge in [-0.3, -0.25) is 0 Å². The molecule has 0 atom stereocenters. The summed E-state index contributed by atoms with van der Waals surface area (Å²) in [5, 5.41) is 15.6. The van der Waals surface area contributed by atoms with Crippen LogP contribution < -0.4 is 10.0 Å². The molecule has 0 radical (unpaired) electrons. The van der Waals surface area contributed by atoms with E-state index in [2.05, 4.69) is 25.3 Å². The van der Waals surface area contributed by atoms with Crippen LogP contribution in [0, 0.1) is 0 Å². The van der Waals surface area contributed by atoms with Crippen LogP contribution >= 0.6 is 0 Å². The van der Waals surface area contributed by atoms with Crippen molar-refractivity contribution in [3.8, 4) is 0 Å². The Kier molecular flexibility index (Phi) is 4.26. The molecule has 0 aliphatic carbocycles. The van der Waals surface area contributed by atoms with Crippen LogP contribution in [0.25, 0.3) is 5.65 Å². The van der Waals surface area contributed by atoms with E-state index in [4.69, 9.17) is 4.42 Å². The molecule has 23 heavy (non-hydrogen) atoms. The van der Waals surface area contributed by atoms with E-state index in [0.717, 1.165) is 12.0 Å². The first-order valence-corrected chi connectivity index (χ1v) is 8.83. The summed E-state index contributed by atoms with van der Waals surface area (Å²) in [6.07, 6.45) is 3.12. The molecule has 9 nitrogen and oxygen atoms in total. The Morgan fingerprint density at radius 1 is 1.26 bits per heavy atom. The van der Waals surface area contributed by atoms with Gasteiger partial charge in [-0.2, -0.15) is 4.52 Å². The van der Waals surface area contributed by atoms with Crippen molar-refractivity contribution in [1.29, 1.82) is 0 Å². The van der Waals surface area contributed by atoms with Crippen LogP contribution in [0.3, 0.4) is 0 Å². The fraction of sp³-hybridized carbons (Fsp3) is 0.308. The molecule has 0 bridgehead atoms. The van der Waals surface area contributed by atoms with Gasteiger partial charge in [-0.05, 0) is 24.3 Å². The molecule has 0 amide bonds. The Hall–Kier alpha value is -2.46. The van der Waals surface area contributed by atoms with Gasteiger partial charge >= 0.3 is 0 Å². The fourth-order valence-corrected chi connectivity index (χ4v) is 2.50. The molecule has 3 aromatic heterocycles. The summed E-state index contributed by atoms with van der Waals surface area (Å²) in [6.45, 7) is 0.754. The van der Waals surface area contributed by atoms with Crippen molar-refractivity contribution in [1.82, 2.24) is 24.5 Å². The second-order valence-corrected chi connectivity index (χ2v) is 6.79. The van der Waals surface area contributed by atoms with E-state index < -0.39 is 10.0 Å². The number of nitrogens with zero attached hydrogens (tertiary/aromatic N) is 4. The van der Waals surface area contributed by atoms with Crippen LogP contribution in [-0.2, 0) is 23.0 Å². The van der Waals surface area contributed by atoms with E-state index in [9.17, 15) is 8.42 Å². The molecule has 2 N–H and O–H groups in total. The minimum Gasteiger partial charge on any atom is -0.467 e. The molecule has 10 heteroatoms.